The Morgan fingerprint density at radius 1 is 1.17 bits per heavy atom. The second-order valence-corrected chi connectivity index (χ2v) is 6.08. The van der Waals surface area contributed by atoms with Crippen LogP contribution in [-0.4, -0.2) is 45.4 Å². The first-order valence-corrected chi connectivity index (χ1v) is 10.5. The molecule has 0 aromatic carbocycles. The Labute approximate surface area is 176 Å². The molecule has 0 radical (unpaired) electrons. The van der Waals surface area contributed by atoms with Crippen molar-refractivity contribution < 1.29 is 27.2 Å². The molecule has 0 saturated carbocycles. The van der Waals surface area contributed by atoms with Crippen LogP contribution in [0.3, 0.4) is 0 Å². The summed E-state index contributed by atoms with van der Waals surface area (Å²) in [4.78, 5) is 11.0. The van der Waals surface area contributed by atoms with Crippen molar-refractivity contribution in [2.24, 2.45) is 5.73 Å². The van der Waals surface area contributed by atoms with Crippen LogP contribution in [0.4, 0.5) is 0 Å². The van der Waals surface area contributed by atoms with E-state index in [1.807, 2.05) is 52.8 Å². The molecule has 0 aromatic heterocycles. The summed E-state index contributed by atoms with van der Waals surface area (Å²) < 4.78 is 38.2. The van der Waals surface area contributed by atoms with Crippen LogP contribution in [-0.2, 0) is 24.4 Å². The Morgan fingerprint density at radius 3 is 2.00 bits per heavy atom. The van der Waals surface area contributed by atoms with Crippen LogP contribution in [0, 0.1) is 0 Å². The maximum atomic E-state index is 11.0. The molecule has 9 heteroatoms. The van der Waals surface area contributed by atoms with Gasteiger partial charge in [-0.15, -0.1) is 0 Å². The van der Waals surface area contributed by atoms with Gasteiger partial charge in [0.2, 0.25) is 0 Å². The SMILES string of the molecule is C=C(NCCS(=O)(=O)O)OC.C=CC(=O)OC(/C=C\C)=C(C)/C=C\C.CC.CN. The zero-order valence-electron chi connectivity index (χ0n) is 18.7. The molecule has 0 amide bonds. The minimum atomic E-state index is -3.89. The van der Waals surface area contributed by atoms with Gasteiger partial charge in [-0.1, -0.05) is 38.7 Å². The molecule has 0 saturated heterocycles. The van der Waals surface area contributed by atoms with Crippen molar-refractivity contribution in [2.75, 3.05) is 26.5 Å². The topological polar surface area (TPSA) is 128 Å². The number of methoxy groups -OCH3 is 1. The largest absolute Gasteiger partial charge is 0.483 e. The molecule has 0 fully saturated rings. The lowest BCUT2D eigenvalue weighted by Crippen LogP contribution is -2.22. The maximum absolute atomic E-state index is 11.0. The summed E-state index contributed by atoms with van der Waals surface area (Å²) in [7, 11) is -0.982. The van der Waals surface area contributed by atoms with Gasteiger partial charge in [-0.25, -0.2) is 4.79 Å². The van der Waals surface area contributed by atoms with Gasteiger partial charge < -0.3 is 20.5 Å². The summed E-state index contributed by atoms with van der Waals surface area (Å²) in [5, 5.41) is 2.53. The fourth-order valence-corrected chi connectivity index (χ4v) is 1.63. The van der Waals surface area contributed by atoms with Gasteiger partial charge in [0.25, 0.3) is 10.1 Å². The van der Waals surface area contributed by atoms with Crippen LogP contribution in [0.25, 0.3) is 0 Å². The Bertz CT molecular complexity index is 635. The van der Waals surface area contributed by atoms with E-state index in [-0.39, 0.29) is 18.2 Å². The van der Waals surface area contributed by atoms with Crippen LogP contribution in [0.2, 0.25) is 0 Å². The molecule has 0 unspecified atom stereocenters. The summed E-state index contributed by atoms with van der Waals surface area (Å²) in [5.74, 6) is 0.0288. The number of allylic oxidation sites excluding steroid dienone is 5. The van der Waals surface area contributed by atoms with Gasteiger partial charge in [0.05, 0.1) is 12.9 Å². The predicted molar refractivity (Wildman–Crippen MR) is 121 cm³/mol. The van der Waals surface area contributed by atoms with Crippen LogP contribution in [0.1, 0.15) is 34.6 Å². The summed E-state index contributed by atoms with van der Waals surface area (Å²) in [6.45, 7) is 16.5. The second-order valence-electron chi connectivity index (χ2n) is 4.51. The number of esters is 1. The third-order valence-electron chi connectivity index (χ3n) is 2.43. The zero-order chi connectivity index (χ0) is 23.9. The average molecular weight is 435 g/mol. The lowest BCUT2D eigenvalue weighted by Gasteiger charge is -2.05. The molecule has 170 valence electrons. The van der Waals surface area contributed by atoms with Crippen molar-refractivity contribution in [1.29, 1.82) is 0 Å². The summed E-state index contributed by atoms with van der Waals surface area (Å²) >= 11 is 0. The smallest absolute Gasteiger partial charge is 0.335 e. The highest BCUT2D eigenvalue weighted by atomic mass is 32.2. The first-order chi connectivity index (χ1) is 13.6. The number of hydrogen-bond donors (Lipinski definition) is 3. The lowest BCUT2D eigenvalue weighted by atomic mass is 10.2. The Hall–Kier alpha value is -2.36. The Balaban J connectivity index is -0.000000187. The van der Waals surface area contributed by atoms with Gasteiger partial charge in [0.15, 0.2) is 5.88 Å². The van der Waals surface area contributed by atoms with E-state index in [2.05, 4.69) is 28.9 Å². The van der Waals surface area contributed by atoms with E-state index in [4.69, 9.17) is 9.29 Å². The Kier molecular flexibility index (Phi) is 27.9. The molecule has 0 aliphatic carbocycles. The number of carbonyl (C=O) groups is 1. The van der Waals surface area contributed by atoms with E-state index in [9.17, 15) is 13.2 Å². The van der Waals surface area contributed by atoms with Gasteiger partial charge in [-0.2, -0.15) is 8.42 Å². The molecule has 0 aromatic rings. The van der Waals surface area contributed by atoms with Crippen LogP contribution in [0.5, 0.6) is 0 Å². The maximum Gasteiger partial charge on any atom is 0.335 e. The summed E-state index contributed by atoms with van der Waals surface area (Å²) in [6, 6.07) is 0. The van der Waals surface area contributed by atoms with Crippen molar-refractivity contribution in [3.63, 3.8) is 0 Å². The highest BCUT2D eigenvalue weighted by Gasteiger charge is 2.03. The van der Waals surface area contributed by atoms with Crippen LogP contribution < -0.4 is 11.1 Å². The van der Waals surface area contributed by atoms with Gasteiger partial charge in [-0.05, 0) is 46.0 Å². The molecular formula is C20H38N2O6S. The standard InChI is InChI=1S/C12H16O2.C5H11NO4S.C2H6.CH5N/c1-5-8-10(4)11(9-6-2)14-12(13)7-3;1-5(10-2)6-3-4-11(7,8)9;2*1-2/h5-9H,3H2,1-2,4H3;6H,1,3-4H2,2H3,(H,7,8,9);1-2H3;2H2,1H3/b8-5-,9-6-,11-10+;;;. The van der Waals surface area contributed by atoms with E-state index in [0.717, 1.165) is 11.6 Å². The molecule has 0 aliphatic heterocycles. The van der Waals surface area contributed by atoms with Gasteiger partial charge in [0, 0.05) is 12.6 Å². The van der Waals surface area contributed by atoms with E-state index in [1.54, 1.807) is 6.08 Å². The molecule has 0 aliphatic rings. The van der Waals surface area contributed by atoms with E-state index < -0.39 is 16.1 Å². The molecular weight excluding hydrogens is 396 g/mol. The van der Waals surface area contributed by atoms with Gasteiger partial charge in [-0.3, -0.25) is 4.55 Å². The molecule has 4 N–H and O–H groups in total. The van der Waals surface area contributed by atoms with E-state index in [0.29, 0.717) is 5.76 Å². The van der Waals surface area contributed by atoms with E-state index in [1.165, 1.54) is 14.2 Å². The number of nitrogens with one attached hydrogen (secondary N) is 1. The van der Waals surface area contributed by atoms with Crippen LogP contribution in [0.15, 0.2) is 60.8 Å². The zero-order valence-corrected chi connectivity index (χ0v) is 19.5. The van der Waals surface area contributed by atoms with E-state index >= 15 is 0 Å². The van der Waals surface area contributed by atoms with Gasteiger partial charge in [0.1, 0.15) is 5.76 Å². The second kappa shape index (κ2) is 23.7. The quantitative estimate of drug-likeness (QED) is 0.166. The Morgan fingerprint density at radius 2 is 1.66 bits per heavy atom. The molecule has 0 rings (SSSR count). The fraction of sp³-hybridized carbons (Fsp3) is 0.450. The first kappa shape index (κ1) is 34.2. The number of carbonyl (C=O) groups excluding carboxylic acids is 1. The average Bonchev–Trinajstić information content (AvgIpc) is 2.70. The monoisotopic (exact) mass is 434 g/mol. The highest BCUT2D eigenvalue weighted by molar-refractivity contribution is 7.85. The van der Waals surface area contributed by atoms with Crippen LogP contribution >= 0.6 is 0 Å². The third kappa shape index (κ3) is 28.0. The molecule has 8 nitrogen and oxygen atoms in total. The molecule has 29 heavy (non-hydrogen) atoms. The van der Waals surface area contributed by atoms with Crippen molar-refractivity contribution in [3.8, 4) is 0 Å². The number of rotatable bonds is 9. The fourth-order valence-electron chi connectivity index (χ4n) is 1.27. The van der Waals surface area contributed by atoms with Crippen molar-refractivity contribution in [1.82, 2.24) is 5.32 Å². The number of nitrogens with two attached hydrogens (primary N) is 1. The normalized spacial score (nSPS) is 10.8. The highest BCUT2D eigenvalue weighted by Crippen LogP contribution is 2.09. The van der Waals surface area contributed by atoms with Crippen molar-refractivity contribution >= 4 is 16.1 Å². The number of ether oxygens (including phenoxy) is 2. The summed E-state index contributed by atoms with van der Waals surface area (Å²) in [6.07, 6.45) is 8.48. The third-order valence-corrected chi connectivity index (χ3v) is 3.15. The molecule has 0 atom stereocenters. The van der Waals surface area contributed by atoms with Crippen molar-refractivity contribution in [3.05, 3.63) is 60.8 Å². The molecule has 0 bridgehead atoms. The lowest BCUT2D eigenvalue weighted by molar-refractivity contribution is -0.133. The predicted octanol–water partition coefficient (Wildman–Crippen LogP) is 3.32. The minimum Gasteiger partial charge on any atom is -0.483 e. The number of hydrogen-bond acceptors (Lipinski definition) is 7. The van der Waals surface area contributed by atoms with Gasteiger partial charge >= 0.3 is 5.97 Å². The molecule has 0 heterocycles. The molecule has 0 spiro atoms. The van der Waals surface area contributed by atoms with Crippen molar-refractivity contribution in [2.45, 2.75) is 34.6 Å². The first-order valence-electron chi connectivity index (χ1n) is 8.91. The summed E-state index contributed by atoms with van der Waals surface area (Å²) in [5.41, 5.74) is 5.40. The minimum absolute atomic E-state index is 0.0888.